The summed E-state index contributed by atoms with van der Waals surface area (Å²) in [6, 6.07) is 0. The van der Waals surface area contributed by atoms with Crippen LogP contribution < -0.4 is 0 Å². The van der Waals surface area contributed by atoms with E-state index in [0.717, 1.165) is 107 Å². The second kappa shape index (κ2) is 13.0. The van der Waals surface area contributed by atoms with Crippen LogP contribution >= 0.6 is 0 Å². The summed E-state index contributed by atoms with van der Waals surface area (Å²) in [5, 5.41) is 0. The van der Waals surface area contributed by atoms with Gasteiger partial charge >= 0.3 is 0 Å². The summed E-state index contributed by atoms with van der Waals surface area (Å²) >= 11 is 0. The topological polar surface area (TPSA) is 0 Å². The first kappa shape index (κ1) is 30.8. The zero-order valence-electron chi connectivity index (χ0n) is 30.2. The van der Waals surface area contributed by atoms with Crippen LogP contribution in [0.25, 0.3) is 0 Å². The molecule has 10 fully saturated rings. The van der Waals surface area contributed by atoms with Crippen molar-refractivity contribution in [2.45, 2.75) is 180 Å². The van der Waals surface area contributed by atoms with Gasteiger partial charge in [-0.1, -0.05) is 96.3 Å². The van der Waals surface area contributed by atoms with Gasteiger partial charge in [0.1, 0.15) is 0 Å². The van der Waals surface area contributed by atoms with Crippen molar-refractivity contribution in [3.63, 3.8) is 0 Å². The molecule has 0 aliphatic heterocycles. The van der Waals surface area contributed by atoms with Crippen molar-refractivity contribution in [1.29, 1.82) is 0 Å². The van der Waals surface area contributed by atoms with Crippen LogP contribution in [0.15, 0.2) is 0 Å². The maximum atomic E-state index is 1.73. The monoisotopic (exact) mass is 627 g/mol. The molecule has 0 aromatic carbocycles. The highest BCUT2D eigenvalue weighted by molar-refractivity contribution is 5.09. The van der Waals surface area contributed by atoms with Crippen molar-refractivity contribution in [2.75, 3.05) is 0 Å². The van der Waals surface area contributed by atoms with Gasteiger partial charge in [0.2, 0.25) is 0 Å². The first-order valence-electron chi connectivity index (χ1n) is 22.8. The molecule has 0 spiro atoms. The number of hydrogen-bond acceptors (Lipinski definition) is 0. The standard InChI is InChI=1S/C46H74/c1-3-12-32-23-37(21-17-29(32)9-1)45-41-25-34-14-5-6-15-35(34)26-42(41)46(38-22-18-30-10-2-4-13-33(30)24-38)44-28-40-36(27-43(44)45)20-19-31-11-7-8-16-39(31)40/h29-46H,1-28H2. The molecule has 10 saturated carbocycles. The van der Waals surface area contributed by atoms with Crippen LogP contribution in [0.4, 0.5) is 0 Å². The normalized spacial score (nSPS) is 56.9. The highest BCUT2D eigenvalue weighted by Gasteiger charge is 2.61. The highest BCUT2D eigenvalue weighted by atomic mass is 14.7. The fraction of sp³-hybridized carbons (Fsp3) is 1.00. The van der Waals surface area contributed by atoms with Gasteiger partial charge in [-0.15, -0.1) is 0 Å². The van der Waals surface area contributed by atoms with E-state index in [4.69, 9.17) is 0 Å². The third-order valence-electron chi connectivity index (χ3n) is 19.7. The van der Waals surface area contributed by atoms with Gasteiger partial charge in [0.05, 0.1) is 0 Å². The SMILES string of the molecule is C1CCC2CC(C3C4CC5CCCCC5CC4C(C4CCC5CCCCC5C4)C4CC5C(CCC6CCCCC65)CC43)CCC2C1. The summed E-state index contributed by atoms with van der Waals surface area (Å²) in [7, 11) is 0. The Morgan fingerprint density at radius 2 is 0.522 bits per heavy atom. The summed E-state index contributed by atoms with van der Waals surface area (Å²) in [5.41, 5.74) is 0. The Hall–Kier alpha value is 0. The molecule has 10 aliphatic carbocycles. The molecule has 0 heteroatoms. The molecule has 0 radical (unpaired) electrons. The summed E-state index contributed by atoms with van der Waals surface area (Å²) in [6.45, 7) is 0. The molecule has 18 unspecified atom stereocenters. The van der Waals surface area contributed by atoms with Gasteiger partial charge in [0.25, 0.3) is 0 Å². The van der Waals surface area contributed by atoms with E-state index in [-0.39, 0.29) is 0 Å². The van der Waals surface area contributed by atoms with Gasteiger partial charge in [0.15, 0.2) is 0 Å². The van der Waals surface area contributed by atoms with Crippen LogP contribution in [0.3, 0.4) is 0 Å². The lowest BCUT2D eigenvalue weighted by Crippen LogP contribution is -2.58. The average Bonchev–Trinajstić information content (AvgIpc) is 3.12. The molecule has 10 rings (SSSR count). The maximum Gasteiger partial charge on any atom is -0.0323 e. The zero-order valence-corrected chi connectivity index (χ0v) is 30.2. The van der Waals surface area contributed by atoms with Gasteiger partial charge in [0, 0.05) is 0 Å². The summed E-state index contributed by atoms with van der Waals surface area (Å²) in [6.07, 6.45) is 45.6. The summed E-state index contributed by atoms with van der Waals surface area (Å²) in [4.78, 5) is 0. The van der Waals surface area contributed by atoms with Crippen molar-refractivity contribution >= 4 is 0 Å². The Morgan fingerprint density at radius 3 is 1.07 bits per heavy atom. The maximum absolute atomic E-state index is 1.73. The average molecular weight is 627 g/mol. The summed E-state index contributed by atoms with van der Waals surface area (Å²) in [5.74, 6) is 20.4. The highest BCUT2D eigenvalue weighted by Crippen LogP contribution is 2.68. The smallest absolute Gasteiger partial charge is 0.0323 e. The van der Waals surface area contributed by atoms with Crippen molar-refractivity contribution in [1.82, 2.24) is 0 Å². The van der Waals surface area contributed by atoms with Crippen LogP contribution in [0.2, 0.25) is 0 Å². The first-order chi connectivity index (χ1) is 22.8. The fourth-order valence-corrected chi connectivity index (χ4v) is 18.1. The minimum atomic E-state index is 1.12. The lowest BCUT2D eigenvalue weighted by atomic mass is 9.40. The largest absolute Gasteiger partial charge is 0.0530 e. The van der Waals surface area contributed by atoms with E-state index in [1.165, 1.54) is 0 Å². The van der Waals surface area contributed by atoms with E-state index in [9.17, 15) is 0 Å². The van der Waals surface area contributed by atoms with Gasteiger partial charge < -0.3 is 0 Å². The lowest BCUT2D eigenvalue weighted by Gasteiger charge is -2.65. The molecule has 0 nitrogen and oxygen atoms in total. The quantitative estimate of drug-likeness (QED) is 0.286. The molecule has 0 heterocycles. The van der Waals surface area contributed by atoms with Crippen LogP contribution in [-0.4, -0.2) is 0 Å². The molecule has 0 amide bonds. The van der Waals surface area contributed by atoms with Crippen molar-refractivity contribution in [3.8, 4) is 0 Å². The van der Waals surface area contributed by atoms with Crippen molar-refractivity contribution in [3.05, 3.63) is 0 Å². The van der Waals surface area contributed by atoms with Crippen LogP contribution in [0.1, 0.15) is 180 Å². The predicted molar refractivity (Wildman–Crippen MR) is 192 cm³/mol. The van der Waals surface area contributed by atoms with Crippen molar-refractivity contribution in [2.24, 2.45) is 107 Å². The second-order valence-corrected chi connectivity index (χ2v) is 21.0. The Bertz CT molecular complexity index is 1040. The fourth-order valence-electron chi connectivity index (χ4n) is 18.1. The second-order valence-electron chi connectivity index (χ2n) is 21.0. The Balaban J connectivity index is 1.02. The Morgan fingerprint density at radius 1 is 0.174 bits per heavy atom. The van der Waals surface area contributed by atoms with E-state index >= 15 is 0 Å². The minimum absolute atomic E-state index is 1.12. The zero-order chi connectivity index (χ0) is 30.2. The van der Waals surface area contributed by atoms with Gasteiger partial charge in [-0.25, -0.2) is 0 Å². The molecular formula is C46H74. The van der Waals surface area contributed by atoms with Gasteiger partial charge in [-0.2, -0.15) is 0 Å². The van der Waals surface area contributed by atoms with E-state index in [2.05, 4.69) is 0 Å². The molecule has 10 aliphatic rings. The number of hydrogen-bond donors (Lipinski definition) is 0. The van der Waals surface area contributed by atoms with Crippen LogP contribution in [0, 0.1) is 107 Å². The molecule has 46 heavy (non-hydrogen) atoms. The first-order valence-corrected chi connectivity index (χ1v) is 22.8. The lowest BCUT2D eigenvalue weighted by molar-refractivity contribution is -0.166. The van der Waals surface area contributed by atoms with Gasteiger partial charge in [-0.3, -0.25) is 0 Å². The molecule has 18 atom stereocenters. The van der Waals surface area contributed by atoms with Crippen LogP contribution in [0.5, 0.6) is 0 Å². The third kappa shape index (κ3) is 5.38. The molecule has 0 aromatic rings. The van der Waals surface area contributed by atoms with E-state index in [0.29, 0.717) is 0 Å². The minimum Gasteiger partial charge on any atom is -0.0530 e. The van der Waals surface area contributed by atoms with Crippen LogP contribution in [-0.2, 0) is 0 Å². The summed E-state index contributed by atoms with van der Waals surface area (Å²) < 4.78 is 0. The molecule has 0 bridgehead atoms. The third-order valence-corrected chi connectivity index (χ3v) is 19.7. The molecule has 0 aromatic heterocycles. The predicted octanol–water partition coefficient (Wildman–Crippen LogP) is 13.1. The molecular weight excluding hydrogens is 553 g/mol. The molecule has 0 saturated heterocycles. The Labute approximate surface area is 285 Å². The molecule has 0 N–H and O–H groups in total. The Kier molecular flexibility index (Phi) is 8.67. The van der Waals surface area contributed by atoms with E-state index in [1.54, 1.807) is 180 Å². The van der Waals surface area contributed by atoms with Crippen molar-refractivity contribution < 1.29 is 0 Å². The van der Waals surface area contributed by atoms with E-state index in [1.807, 2.05) is 0 Å². The number of fused-ring (bicyclic) bond motifs is 8. The number of rotatable bonds is 2. The van der Waals surface area contributed by atoms with E-state index < -0.39 is 0 Å². The van der Waals surface area contributed by atoms with Gasteiger partial charge in [-0.05, 0) is 190 Å². The molecule has 258 valence electrons.